The molecule has 1 aliphatic rings. The second-order valence-corrected chi connectivity index (χ2v) is 7.82. The number of carbonyl (C=O) groups is 1. The predicted octanol–water partition coefficient (Wildman–Crippen LogP) is 4.67. The van der Waals surface area contributed by atoms with Crippen LogP contribution < -0.4 is 10.1 Å². The molecule has 0 radical (unpaired) electrons. The Morgan fingerprint density at radius 2 is 2.07 bits per heavy atom. The molecule has 7 nitrogen and oxygen atoms in total. The van der Waals surface area contributed by atoms with Crippen LogP contribution in [0.3, 0.4) is 0 Å². The molecule has 1 aliphatic carbocycles. The molecule has 0 aliphatic heterocycles. The quantitative estimate of drug-likeness (QED) is 0.693. The van der Waals surface area contributed by atoms with Crippen molar-refractivity contribution in [1.29, 1.82) is 0 Å². The summed E-state index contributed by atoms with van der Waals surface area (Å²) in [6, 6.07) is 4.17. The van der Waals surface area contributed by atoms with Gasteiger partial charge in [0.05, 0.1) is 30.6 Å². The van der Waals surface area contributed by atoms with E-state index in [4.69, 9.17) is 14.3 Å². The maximum absolute atomic E-state index is 12.3. The van der Waals surface area contributed by atoms with Crippen LogP contribution in [0.25, 0.3) is 10.9 Å². The number of carbonyl (C=O) groups excluding carboxylic acids is 1. The van der Waals surface area contributed by atoms with Gasteiger partial charge in [0, 0.05) is 17.6 Å². The Hall–Kier alpha value is -2.83. The Labute approximate surface area is 164 Å². The summed E-state index contributed by atoms with van der Waals surface area (Å²) < 4.78 is 12.6. The molecule has 0 saturated heterocycles. The standard InChI is InChI=1S/C21H26N4O3/c1-13(2)14-4-6-16(7-5-14)25-12-15-10-18(19(27-3)11-17(15)24-25)23-20(26)21-22-8-9-28-21/h8-14,16H,4-7H2,1-3H3,(H,23,26). The number of nitrogens with zero attached hydrogens (tertiary/aromatic N) is 3. The fraction of sp³-hybridized carbons (Fsp3) is 0.476. The molecule has 4 rings (SSSR count). The van der Waals surface area contributed by atoms with E-state index >= 15 is 0 Å². The van der Waals surface area contributed by atoms with Gasteiger partial charge in [-0.15, -0.1) is 0 Å². The molecule has 148 valence electrons. The first-order chi connectivity index (χ1) is 13.5. The van der Waals surface area contributed by atoms with Crippen LogP contribution in [0.2, 0.25) is 0 Å². The van der Waals surface area contributed by atoms with Crippen molar-refractivity contribution < 1.29 is 13.9 Å². The lowest BCUT2D eigenvalue weighted by atomic mass is 9.80. The molecular weight excluding hydrogens is 356 g/mol. The number of rotatable bonds is 5. The van der Waals surface area contributed by atoms with Crippen molar-refractivity contribution >= 4 is 22.5 Å². The van der Waals surface area contributed by atoms with Crippen LogP contribution in [0.5, 0.6) is 5.75 Å². The molecule has 2 heterocycles. The molecule has 0 spiro atoms. The molecular formula is C21H26N4O3. The van der Waals surface area contributed by atoms with Gasteiger partial charge in [0.25, 0.3) is 5.89 Å². The second kappa shape index (κ2) is 7.66. The van der Waals surface area contributed by atoms with E-state index in [9.17, 15) is 4.79 Å². The third-order valence-corrected chi connectivity index (χ3v) is 5.78. The molecule has 3 aromatic rings. The van der Waals surface area contributed by atoms with Crippen LogP contribution in [-0.2, 0) is 0 Å². The van der Waals surface area contributed by atoms with Crippen LogP contribution in [0.4, 0.5) is 5.69 Å². The summed E-state index contributed by atoms with van der Waals surface area (Å²) in [5.41, 5.74) is 1.43. The second-order valence-electron chi connectivity index (χ2n) is 7.82. The SMILES string of the molecule is COc1cc2nn(C3CCC(C(C)C)CC3)cc2cc1NC(=O)c1ncco1. The highest BCUT2D eigenvalue weighted by Crippen LogP contribution is 2.37. The zero-order valence-corrected chi connectivity index (χ0v) is 16.5. The van der Waals surface area contributed by atoms with Crippen molar-refractivity contribution in [2.24, 2.45) is 11.8 Å². The first-order valence-electron chi connectivity index (χ1n) is 9.83. The summed E-state index contributed by atoms with van der Waals surface area (Å²) in [5.74, 6) is 1.72. The van der Waals surface area contributed by atoms with Crippen LogP contribution in [0.15, 0.2) is 35.2 Å². The number of oxazole rings is 1. The Morgan fingerprint density at radius 1 is 1.29 bits per heavy atom. The molecule has 1 amide bonds. The third-order valence-electron chi connectivity index (χ3n) is 5.78. The van der Waals surface area contributed by atoms with Gasteiger partial charge in [-0.1, -0.05) is 13.8 Å². The minimum absolute atomic E-state index is 0.0137. The van der Waals surface area contributed by atoms with Crippen molar-refractivity contribution in [3.05, 3.63) is 36.7 Å². The highest BCUT2D eigenvalue weighted by atomic mass is 16.5. The summed E-state index contributed by atoms with van der Waals surface area (Å²) in [4.78, 5) is 16.2. The third kappa shape index (κ3) is 3.61. The van der Waals surface area contributed by atoms with Gasteiger partial charge in [0.15, 0.2) is 0 Å². The molecule has 7 heteroatoms. The average molecular weight is 382 g/mol. The molecule has 2 aromatic heterocycles. The zero-order chi connectivity index (χ0) is 19.7. The Morgan fingerprint density at radius 3 is 2.71 bits per heavy atom. The minimum Gasteiger partial charge on any atom is -0.494 e. The van der Waals surface area contributed by atoms with E-state index in [1.807, 2.05) is 12.1 Å². The lowest BCUT2D eigenvalue weighted by molar-refractivity contribution is 0.0990. The van der Waals surface area contributed by atoms with Crippen molar-refractivity contribution in [2.75, 3.05) is 12.4 Å². The largest absolute Gasteiger partial charge is 0.494 e. The monoisotopic (exact) mass is 382 g/mol. The first-order valence-corrected chi connectivity index (χ1v) is 9.83. The predicted molar refractivity (Wildman–Crippen MR) is 107 cm³/mol. The average Bonchev–Trinajstić information content (AvgIpc) is 3.37. The van der Waals surface area contributed by atoms with Crippen molar-refractivity contribution in [3.63, 3.8) is 0 Å². The molecule has 1 fully saturated rings. The highest BCUT2D eigenvalue weighted by Gasteiger charge is 2.25. The Kier molecular flexibility index (Phi) is 5.07. The maximum Gasteiger partial charge on any atom is 0.311 e. The molecule has 0 atom stereocenters. The summed E-state index contributed by atoms with van der Waals surface area (Å²) in [5, 5.41) is 8.55. The number of methoxy groups -OCH3 is 1. The maximum atomic E-state index is 12.3. The first kappa shape index (κ1) is 18.5. The summed E-state index contributed by atoms with van der Waals surface area (Å²) in [6.07, 6.45) is 9.68. The van der Waals surface area contributed by atoms with E-state index in [1.165, 1.54) is 25.3 Å². The van der Waals surface area contributed by atoms with Crippen molar-refractivity contribution in [2.45, 2.75) is 45.6 Å². The van der Waals surface area contributed by atoms with E-state index in [1.54, 1.807) is 7.11 Å². The van der Waals surface area contributed by atoms with E-state index in [2.05, 4.69) is 35.0 Å². The number of nitrogens with one attached hydrogen (secondary N) is 1. The van der Waals surface area contributed by atoms with Gasteiger partial charge in [-0.25, -0.2) is 4.98 Å². The normalized spacial score (nSPS) is 19.9. The molecule has 0 bridgehead atoms. The topological polar surface area (TPSA) is 82.2 Å². The van der Waals surface area contributed by atoms with Gasteiger partial charge < -0.3 is 14.5 Å². The summed E-state index contributed by atoms with van der Waals surface area (Å²) in [7, 11) is 1.58. The highest BCUT2D eigenvalue weighted by molar-refractivity contribution is 6.03. The van der Waals surface area contributed by atoms with Crippen molar-refractivity contribution in [3.8, 4) is 5.75 Å². The van der Waals surface area contributed by atoms with Crippen LogP contribution in [0, 0.1) is 11.8 Å². The van der Waals surface area contributed by atoms with Gasteiger partial charge in [0.1, 0.15) is 12.0 Å². The number of anilines is 1. The van der Waals surface area contributed by atoms with Crippen molar-refractivity contribution in [1.82, 2.24) is 14.8 Å². The Bertz CT molecular complexity index is 954. The minimum atomic E-state index is -0.415. The van der Waals surface area contributed by atoms with Crippen LogP contribution in [0.1, 0.15) is 56.3 Å². The van der Waals surface area contributed by atoms with Crippen LogP contribution in [-0.4, -0.2) is 27.8 Å². The molecule has 28 heavy (non-hydrogen) atoms. The van der Waals surface area contributed by atoms with E-state index in [0.29, 0.717) is 17.5 Å². The number of hydrogen-bond acceptors (Lipinski definition) is 5. The lowest BCUT2D eigenvalue weighted by Gasteiger charge is -2.30. The van der Waals surface area contributed by atoms with Gasteiger partial charge in [-0.2, -0.15) is 5.10 Å². The smallest absolute Gasteiger partial charge is 0.311 e. The number of aromatic nitrogens is 3. The fourth-order valence-electron chi connectivity index (χ4n) is 4.07. The van der Waals surface area contributed by atoms with Crippen LogP contribution >= 0.6 is 0 Å². The fourth-order valence-corrected chi connectivity index (χ4v) is 4.07. The summed E-state index contributed by atoms with van der Waals surface area (Å²) in [6.45, 7) is 4.63. The molecule has 1 aromatic carbocycles. The summed E-state index contributed by atoms with van der Waals surface area (Å²) >= 11 is 0. The number of hydrogen-bond donors (Lipinski definition) is 1. The zero-order valence-electron chi connectivity index (χ0n) is 16.5. The molecule has 1 saturated carbocycles. The van der Waals surface area contributed by atoms with Gasteiger partial charge in [-0.3, -0.25) is 9.48 Å². The molecule has 1 N–H and O–H groups in total. The molecule has 0 unspecified atom stereocenters. The number of amides is 1. The van der Waals surface area contributed by atoms with E-state index < -0.39 is 5.91 Å². The van der Waals surface area contributed by atoms with E-state index in [-0.39, 0.29) is 5.89 Å². The number of fused-ring (bicyclic) bond motifs is 1. The van der Waals surface area contributed by atoms with E-state index in [0.717, 1.165) is 35.6 Å². The van der Waals surface area contributed by atoms with Gasteiger partial charge in [0.2, 0.25) is 0 Å². The van der Waals surface area contributed by atoms with Gasteiger partial charge >= 0.3 is 5.91 Å². The number of ether oxygens (including phenoxy) is 1. The Balaban J connectivity index is 1.57. The lowest BCUT2D eigenvalue weighted by Crippen LogP contribution is -2.21. The number of benzene rings is 1. The van der Waals surface area contributed by atoms with Gasteiger partial charge in [-0.05, 0) is 43.6 Å².